The molecule has 176 valence electrons. The SMILES string of the molecule is CCCCN1C(=O)C(=O)/C(=C(\O)c2ccc(OC)c(OC)c2)C1c1ccc(OCCC)cc1. The lowest BCUT2D eigenvalue weighted by Gasteiger charge is -2.25. The van der Waals surface area contributed by atoms with E-state index in [-0.39, 0.29) is 11.3 Å². The summed E-state index contributed by atoms with van der Waals surface area (Å²) >= 11 is 0. The average Bonchev–Trinajstić information content (AvgIpc) is 3.10. The van der Waals surface area contributed by atoms with Gasteiger partial charge in [-0.1, -0.05) is 32.4 Å². The van der Waals surface area contributed by atoms with Crippen molar-refractivity contribution in [1.29, 1.82) is 0 Å². The number of aliphatic hydroxyl groups excluding tert-OH is 1. The Bertz CT molecular complexity index is 1030. The Balaban J connectivity index is 2.10. The Hall–Kier alpha value is -3.48. The molecule has 7 nitrogen and oxygen atoms in total. The van der Waals surface area contributed by atoms with Crippen molar-refractivity contribution in [2.75, 3.05) is 27.4 Å². The fourth-order valence-electron chi connectivity index (χ4n) is 3.89. The van der Waals surface area contributed by atoms with Crippen LogP contribution in [0.25, 0.3) is 5.76 Å². The van der Waals surface area contributed by atoms with E-state index in [4.69, 9.17) is 14.2 Å². The molecule has 1 aliphatic rings. The van der Waals surface area contributed by atoms with Crippen molar-refractivity contribution in [3.05, 3.63) is 59.2 Å². The van der Waals surface area contributed by atoms with Crippen LogP contribution in [0.5, 0.6) is 17.2 Å². The first-order chi connectivity index (χ1) is 16.0. The molecule has 0 bridgehead atoms. The zero-order valence-corrected chi connectivity index (χ0v) is 19.6. The molecule has 1 atom stereocenters. The number of carbonyl (C=O) groups excluding carboxylic acids is 2. The summed E-state index contributed by atoms with van der Waals surface area (Å²) in [7, 11) is 3.01. The molecule has 3 rings (SSSR count). The zero-order valence-electron chi connectivity index (χ0n) is 19.6. The van der Waals surface area contributed by atoms with Gasteiger partial charge < -0.3 is 24.2 Å². The van der Waals surface area contributed by atoms with Gasteiger partial charge in [0.1, 0.15) is 11.5 Å². The van der Waals surface area contributed by atoms with Crippen molar-refractivity contribution >= 4 is 17.4 Å². The summed E-state index contributed by atoms with van der Waals surface area (Å²) in [6, 6.07) is 11.5. The maximum absolute atomic E-state index is 13.1. The molecule has 0 aromatic heterocycles. The summed E-state index contributed by atoms with van der Waals surface area (Å²) in [4.78, 5) is 27.5. The van der Waals surface area contributed by atoms with E-state index >= 15 is 0 Å². The zero-order chi connectivity index (χ0) is 24.0. The monoisotopic (exact) mass is 453 g/mol. The number of Topliss-reactive ketones (excluding diaryl/α,β-unsaturated/α-hetero) is 1. The van der Waals surface area contributed by atoms with Gasteiger partial charge in [-0.2, -0.15) is 0 Å². The van der Waals surface area contributed by atoms with Crippen molar-refractivity contribution in [2.45, 2.75) is 39.2 Å². The molecule has 1 N–H and O–H groups in total. The maximum Gasteiger partial charge on any atom is 0.295 e. The van der Waals surface area contributed by atoms with Gasteiger partial charge in [-0.3, -0.25) is 9.59 Å². The van der Waals surface area contributed by atoms with Crippen molar-refractivity contribution in [2.24, 2.45) is 0 Å². The first kappa shape index (κ1) is 24.2. The third-order valence-corrected chi connectivity index (χ3v) is 5.62. The summed E-state index contributed by atoms with van der Waals surface area (Å²) in [5, 5.41) is 11.2. The highest BCUT2D eigenvalue weighted by Gasteiger charge is 2.45. The van der Waals surface area contributed by atoms with E-state index in [1.807, 2.05) is 38.1 Å². The quantitative estimate of drug-likeness (QED) is 0.318. The number of methoxy groups -OCH3 is 2. The second-order valence-electron chi connectivity index (χ2n) is 7.83. The molecule has 0 aliphatic carbocycles. The minimum Gasteiger partial charge on any atom is -0.507 e. The molecule has 33 heavy (non-hydrogen) atoms. The normalized spacial score (nSPS) is 17.3. The molecule has 1 unspecified atom stereocenters. The van der Waals surface area contributed by atoms with Crippen molar-refractivity contribution < 1.29 is 28.9 Å². The fraction of sp³-hybridized carbons (Fsp3) is 0.385. The van der Waals surface area contributed by atoms with E-state index in [2.05, 4.69) is 0 Å². The number of hydrogen-bond acceptors (Lipinski definition) is 6. The molecule has 1 amide bonds. The van der Waals surface area contributed by atoms with Gasteiger partial charge in [-0.15, -0.1) is 0 Å². The number of aliphatic hydroxyl groups is 1. The summed E-state index contributed by atoms with van der Waals surface area (Å²) in [5.41, 5.74) is 1.16. The van der Waals surface area contributed by atoms with E-state index in [1.165, 1.54) is 14.2 Å². The molecule has 2 aromatic carbocycles. The van der Waals surface area contributed by atoms with Crippen molar-refractivity contribution in [1.82, 2.24) is 4.90 Å². The molecular weight excluding hydrogens is 422 g/mol. The largest absolute Gasteiger partial charge is 0.507 e. The van der Waals surface area contributed by atoms with E-state index in [0.29, 0.717) is 36.0 Å². The van der Waals surface area contributed by atoms with Crippen LogP contribution in [0.2, 0.25) is 0 Å². The Morgan fingerprint density at radius 1 is 0.970 bits per heavy atom. The van der Waals surface area contributed by atoms with Gasteiger partial charge >= 0.3 is 0 Å². The number of benzene rings is 2. The van der Waals surface area contributed by atoms with Crippen LogP contribution in [-0.2, 0) is 9.59 Å². The number of carbonyl (C=O) groups is 2. The van der Waals surface area contributed by atoms with Gasteiger partial charge in [0, 0.05) is 12.1 Å². The van der Waals surface area contributed by atoms with Gasteiger partial charge in [-0.05, 0) is 48.7 Å². The number of ether oxygens (including phenoxy) is 3. The molecule has 1 aliphatic heterocycles. The summed E-state index contributed by atoms with van der Waals surface area (Å²) in [6.07, 6.45) is 2.51. The van der Waals surface area contributed by atoms with Crippen LogP contribution in [0.1, 0.15) is 50.3 Å². The number of rotatable bonds is 10. The fourth-order valence-corrected chi connectivity index (χ4v) is 3.89. The average molecular weight is 454 g/mol. The van der Waals surface area contributed by atoms with Crippen LogP contribution in [0.4, 0.5) is 0 Å². The lowest BCUT2D eigenvalue weighted by Crippen LogP contribution is -2.30. The minimum atomic E-state index is -0.699. The van der Waals surface area contributed by atoms with Crippen LogP contribution in [0, 0.1) is 0 Å². The van der Waals surface area contributed by atoms with Crippen molar-refractivity contribution in [3.8, 4) is 17.2 Å². The van der Waals surface area contributed by atoms with E-state index < -0.39 is 17.7 Å². The molecule has 0 radical (unpaired) electrons. The predicted molar refractivity (Wildman–Crippen MR) is 126 cm³/mol. The van der Waals surface area contributed by atoms with Gasteiger partial charge in [0.2, 0.25) is 0 Å². The minimum absolute atomic E-state index is 0.0607. The van der Waals surface area contributed by atoms with Crippen molar-refractivity contribution in [3.63, 3.8) is 0 Å². The lowest BCUT2D eigenvalue weighted by molar-refractivity contribution is -0.139. The van der Waals surface area contributed by atoms with Crippen LogP contribution >= 0.6 is 0 Å². The summed E-state index contributed by atoms with van der Waals surface area (Å²) < 4.78 is 16.3. The number of likely N-dealkylation sites (tertiary alicyclic amines) is 1. The molecule has 1 saturated heterocycles. The first-order valence-electron chi connectivity index (χ1n) is 11.2. The number of unbranched alkanes of at least 4 members (excludes halogenated alkanes) is 1. The molecule has 7 heteroatoms. The second-order valence-corrected chi connectivity index (χ2v) is 7.83. The van der Waals surface area contributed by atoms with E-state index in [1.54, 1.807) is 23.1 Å². The third-order valence-electron chi connectivity index (χ3n) is 5.62. The van der Waals surface area contributed by atoms with Crippen LogP contribution in [-0.4, -0.2) is 49.1 Å². The number of amides is 1. The highest BCUT2D eigenvalue weighted by molar-refractivity contribution is 6.46. The first-order valence-corrected chi connectivity index (χ1v) is 11.2. The van der Waals surface area contributed by atoms with Gasteiger partial charge in [0.05, 0.1) is 32.4 Å². The lowest BCUT2D eigenvalue weighted by atomic mass is 9.95. The molecule has 0 spiro atoms. The smallest absolute Gasteiger partial charge is 0.295 e. The van der Waals surface area contributed by atoms with Gasteiger partial charge in [-0.25, -0.2) is 0 Å². The molecular formula is C26H31NO6. The maximum atomic E-state index is 13.1. The highest BCUT2D eigenvalue weighted by atomic mass is 16.5. The topological polar surface area (TPSA) is 85.3 Å². The summed E-state index contributed by atoms with van der Waals surface area (Å²) in [5.74, 6) is 0.0690. The van der Waals surface area contributed by atoms with Gasteiger partial charge in [0.25, 0.3) is 11.7 Å². The number of ketones is 1. The predicted octanol–water partition coefficient (Wildman–Crippen LogP) is 4.71. The van der Waals surface area contributed by atoms with E-state index in [0.717, 1.165) is 24.8 Å². The summed E-state index contributed by atoms with van der Waals surface area (Å²) in [6.45, 7) is 5.08. The standard InChI is InChI=1S/C26H31NO6/c1-5-7-14-27-23(17-8-11-19(12-9-17)33-15-6-2)22(25(29)26(27)30)24(28)18-10-13-20(31-3)21(16-18)32-4/h8-13,16,23,28H,5-7,14-15H2,1-4H3/b24-22-. The van der Waals surface area contributed by atoms with E-state index in [9.17, 15) is 14.7 Å². The Morgan fingerprint density at radius 3 is 2.27 bits per heavy atom. The second kappa shape index (κ2) is 10.9. The Kier molecular flexibility index (Phi) is 7.98. The third kappa shape index (κ3) is 4.97. The Labute approximate surface area is 194 Å². The molecule has 0 saturated carbocycles. The van der Waals surface area contributed by atoms with Crippen LogP contribution in [0.15, 0.2) is 48.0 Å². The molecule has 1 heterocycles. The molecule has 1 fully saturated rings. The van der Waals surface area contributed by atoms with Crippen LogP contribution in [0.3, 0.4) is 0 Å². The highest BCUT2D eigenvalue weighted by Crippen LogP contribution is 2.41. The molecule has 2 aromatic rings. The van der Waals surface area contributed by atoms with Gasteiger partial charge in [0.15, 0.2) is 11.5 Å². The number of hydrogen-bond donors (Lipinski definition) is 1. The Morgan fingerprint density at radius 2 is 1.67 bits per heavy atom. The van der Waals surface area contributed by atoms with Crippen LogP contribution < -0.4 is 14.2 Å². The number of nitrogens with zero attached hydrogens (tertiary/aromatic N) is 1.